The van der Waals surface area contributed by atoms with E-state index < -0.39 is 0 Å². The monoisotopic (exact) mass is 254 g/mol. The lowest BCUT2D eigenvalue weighted by Gasteiger charge is -2.27. The molecule has 0 radical (unpaired) electrons. The lowest BCUT2D eigenvalue weighted by Crippen LogP contribution is -2.38. The second-order valence-corrected chi connectivity index (χ2v) is 4.30. The molecular weight excluding hydrogens is 236 g/mol. The largest absolute Gasteiger partial charge is 0.328 e. The summed E-state index contributed by atoms with van der Waals surface area (Å²) in [4.78, 5) is 15.9. The van der Waals surface area contributed by atoms with Crippen LogP contribution in [-0.2, 0) is 0 Å². The molecule has 0 saturated carbocycles. The fourth-order valence-electron chi connectivity index (χ4n) is 1.83. The van der Waals surface area contributed by atoms with E-state index in [9.17, 15) is 4.79 Å². The van der Waals surface area contributed by atoms with E-state index in [1.165, 1.54) is 0 Å². The molecule has 2 amide bonds. The van der Waals surface area contributed by atoms with Crippen LogP contribution in [0.1, 0.15) is 6.92 Å². The van der Waals surface area contributed by atoms with Crippen LogP contribution >= 0.6 is 0 Å². The normalized spacial score (nSPS) is 10.0. The fraction of sp³-hybridized carbons (Fsp3) is 0.188. The predicted octanol–water partition coefficient (Wildman–Crippen LogP) is 3.90. The maximum absolute atomic E-state index is 12.5. The SMILES string of the molecule is CCN(C)C(=O)N(c1ccccc1)c1ccccc1. The average molecular weight is 254 g/mol. The number of rotatable bonds is 3. The molecule has 2 aromatic rings. The number of carbonyl (C=O) groups is 1. The van der Waals surface area contributed by atoms with Gasteiger partial charge in [0.1, 0.15) is 0 Å². The third kappa shape index (κ3) is 2.94. The number of hydrogen-bond donors (Lipinski definition) is 0. The first-order valence-electron chi connectivity index (χ1n) is 6.39. The number of anilines is 2. The van der Waals surface area contributed by atoms with Crippen LogP contribution < -0.4 is 4.90 Å². The van der Waals surface area contributed by atoms with Gasteiger partial charge >= 0.3 is 6.03 Å². The molecule has 0 aliphatic heterocycles. The molecule has 0 fully saturated rings. The maximum atomic E-state index is 12.5. The van der Waals surface area contributed by atoms with Crippen molar-refractivity contribution in [2.75, 3.05) is 18.5 Å². The van der Waals surface area contributed by atoms with Gasteiger partial charge in [0, 0.05) is 13.6 Å². The van der Waals surface area contributed by atoms with Gasteiger partial charge in [0.2, 0.25) is 0 Å². The van der Waals surface area contributed by atoms with Gasteiger partial charge in [-0.3, -0.25) is 4.90 Å². The molecule has 98 valence electrons. The molecular formula is C16H18N2O. The highest BCUT2D eigenvalue weighted by Crippen LogP contribution is 2.25. The van der Waals surface area contributed by atoms with Gasteiger partial charge in [0.25, 0.3) is 0 Å². The highest BCUT2D eigenvalue weighted by atomic mass is 16.2. The molecule has 0 saturated heterocycles. The summed E-state index contributed by atoms with van der Waals surface area (Å²) in [6.07, 6.45) is 0. The minimum absolute atomic E-state index is 0.0279. The van der Waals surface area contributed by atoms with Crippen LogP contribution in [-0.4, -0.2) is 24.5 Å². The molecule has 0 aliphatic carbocycles. The number of carbonyl (C=O) groups excluding carboxylic acids is 1. The number of nitrogens with zero attached hydrogens (tertiary/aromatic N) is 2. The zero-order valence-electron chi connectivity index (χ0n) is 11.3. The van der Waals surface area contributed by atoms with E-state index in [4.69, 9.17) is 0 Å². The number of hydrogen-bond acceptors (Lipinski definition) is 1. The second kappa shape index (κ2) is 6.05. The number of amides is 2. The summed E-state index contributed by atoms with van der Waals surface area (Å²) in [7, 11) is 1.81. The Morgan fingerprint density at radius 1 is 0.895 bits per heavy atom. The molecule has 0 N–H and O–H groups in total. The lowest BCUT2D eigenvalue weighted by molar-refractivity contribution is 0.220. The van der Waals surface area contributed by atoms with E-state index in [-0.39, 0.29) is 6.03 Å². The first-order valence-corrected chi connectivity index (χ1v) is 6.39. The molecule has 3 nitrogen and oxygen atoms in total. The van der Waals surface area contributed by atoms with E-state index in [2.05, 4.69) is 0 Å². The summed E-state index contributed by atoms with van der Waals surface area (Å²) in [6.45, 7) is 2.64. The van der Waals surface area contributed by atoms with E-state index in [1.54, 1.807) is 16.8 Å². The van der Waals surface area contributed by atoms with Crippen molar-refractivity contribution in [2.24, 2.45) is 0 Å². The topological polar surface area (TPSA) is 23.6 Å². The van der Waals surface area contributed by atoms with Gasteiger partial charge in [-0.25, -0.2) is 4.79 Å². The van der Waals surface area contributed by atoms with Gasteiger partial charge in [-0.15, -0.1) is 0 Å². The Bertz CT molecular complexity index is 485. The van der Waals surface area contributed by atoms with Crippen LogP contribution in [0.25, 0.3) is 0 Å². The second-order valence-electron chi connectivity index (χ2n) is 4.30. The van der Waals surface area contributed by atoms with Gasteiger partial charge in [-0.05, 0) is 31.2 Å². The van der Waals surface area contributed by atoms with E-state index in [0.717, 1.165) is 11.4 Å². The van der Waals surface area contributed by atoms with E-state index >= 15 is 0 Å². The lowest BCUT2D eigenvalue weighted by atomic mass is 10.2. The highest BCUT2D eigenvalue weighted by molar-refractivity contribution is 5.99. The van der Waals surface area contributed by atoms with Crippen LogP contribution in [0.15, 0.2) is 60.7 Å². The van der Waals surface area contributed by atoms with Gasteiger partial charge < -0.3 is 4.90 Å². The third-order valence-electron chi connectivity index (χ3n) is 3.02. The molecule has 19 heavy (non-hydrogen) atoms. The minimum atomic E-state index is -0.0279. The Kier molecular flexibility index (Phi) is 4.18. The molecule has 2 aromatic carbocycles. The minimum Gasteiger partial charge on any atom is -0.327 e. The predicted molar refractivity (Wildman–Crippen MR) is 78.7 cm³/mol. The van der Waals surface area contributed by atoms with Crippen molar-refractivity contribution in [2.45, 2.75) is 6.92 Å². The van der Waals surface area contributed by atoms with Crippen LogP contribution in [0.4, 0.5) is 16.2 Å². The number of para-hydroxylation sites is 2. The molecule has 0 aromatic heterocycles. The van der Waals surface area contributed by atoms with Crippen molar-refractivity contribution >= 4 is 17.4 Å². The molecule has 3 heteroatoms. The zero-order chi connectivity index (χ0) is 13.7. The Hall–Kier alpha value is -2.29. The standard InChI is InChI=1S/C16H18N2O/c1-3-17(2)16(19)18(14-10-6-4-7-11-14)15-12-8-5-9-13-15/h4-13H,3H2,1-2H3. The fourth-order valence-corrected chi connectivity index (χ4v) is 1.83. The van der Waals surface area contributed by atoms with Crippen molar-refractivity contribution in [1.82, 2.24) is 4.90 Å². The third-order valence-corrected chi connectivity index (χ3v) is 3.02. The number of urea groups is 1. The van der Waals surface area contributed by atoms with Crippen LogP contribution in [0.2, 0.25) is 0 Å². The summed E-state index contributed by atoms with van der Waals surface area (Å²) in [5.41, 5.74) is 1.75. The zero-order valence-corrected chi connectivity index (χ0v) is 11.3. The smallest absolute Gasteiger partial charge is 0.327 e. The molecule has 0 spiro atoms. The Morgan fingerprint density at radius 3 is 1.68 bits per heavy atom. The maximum Gasteiger partial charge on any atom is 0.328 e. The first-order chi connectivity index (χ1) is 9.24. The van der Waals surface area contributed by atoms with Gasteiger partial charge in [-0.1, -0.05) is 36.4 Å². The molecule has 0 aliphatic rings. The van der Waals surface area contributed by atoms with E-state index in [0.29, 0.717) is 6.54 Å². The summed E-state index contributed by atoms with van der Waals surface area (Å²) >= 11 is 0. The van der Waals surface area contributed by atoms with Crippen molar-refractivity contribution in [1.29, 1.82) is 0 Å². The van der Waals surface area contributed by atoms with Gasteiger partial charge in [0.05, 0.1) is 11.4 Å². The molecule has 0 unspecified atom stereocenters. The number of benzene rings is 2. The first kappa shape index (κ1) is 13.1. The van der Waals surface area contributed by atoms with E-state index in [1.807, 2.05) is 67.6 Å². The van der Waals surface area contributed by atoms with Crippen molar-refractivity contribution < 1.29 is 4.79 Å². The molecule has 0 bridgehead atoms. The quantitative estimate of drug-likeness (QED) is 0.815. The Morgan fingerprint density at radius 2 is 1.32 bits per heavy atom. The summed E-state index contributed by atoms with van der Waals surface area (Å²) in [5.74, 6) is 0. The molecule has 0 heterocycles. The average Bonchev–Trinajstić information content (AvgIpc) is 2.49. The summed E-state index contributed by atoms with van der Waals surface area (Å²) in [6, 6.07) is 19.4. The van der Waals surface area contributed by atoms with Crippen molar-refractivity contribution in [3.8, 4) is 0 Å². The van der Waals surface area contributed by atoms with Gasteiger partial charge in [-0.2, -0.15) is 0 Å². The van der Waals surface area contributed by atoms with Crippen molar-refractivity contribution in [3.63, 3.8) is 0 Å². The van der Waals surface area contributed by atoms with Gasteiger partial charge in [0.15, 0.2) is 0 Å². The Labute approximate surface area is 114 Å². The van der Waals surface area contributed by atoms with Crippen LogP contribution in [0, 0.1) is 0 Å². The highest BCUT2D eigenvalue weighted by Gasteiger charge is 2.20. The molecule has 0 atom stereocenters. The van der Waals surface area contributed by atoms with Crippen LogP contribution in [0.3, 0.4) is 0 Å². The van der Waals surface area contributed by atoms with Crippen LogP contribution in [0.5, 0.6) is 0 Å². The van der Waals surface area contributed by atoms with Crippen molar-refractivity contribution in [3.05, 3.63) is 60.7 Å². The Balaban J connectivity index is 2.43. The summed E-state index contributed by atoms with van der Waals surface area (Å²) < 4.78 is 0. The summed E-state index contributed by atoms with van der Waals surface area (Å²) in [5, 5.41) is 0. The molecule has 2 rings (SSSR count).